The topological polar surface area (TPSA) is 65.5 Å². The number of sulfonamides is 1. The van der Waals surface area contributed by atoms with Crippen LogP contribution in [0.4, 0.5) is 5.82 Å². The number of anilines is 1. The first kappa shape index (κ1) is 16.2. The molecule has 0 amide bonds. The second-order valence-corrected chi connectivity index (χ2v) is 7.61. The number of pyridine rings is 1. The van der Waals surface area contributed by atoms with E-state index >= 15 is 0 Å². The first-order chi connectivity index (χ1) is 9.95. The number of hydrogen-bond donors (Lipinski definition) is 1. The van der Waals surface area contributed by atoms with Crippen molar-refractivity contribution in [1.82, 2.24) is 14.2 Å². The molecule has 0 unspecified atom stereocenters. The summed E-state index contributed by atoms with van der Waals surface area (Å²) in [4.78, 5) is 6.66. The van der Waals surface area contributed by atoms with Gasteiger partial charge >= 0.3 is 0 Å². The first-order valence-electron chi connectivity index (χ1n) is 7.30. The molecule has 1 saturated heterocycles. The van der Waals surface area contributed by atoms with Crippen molar-refractivity contribution in [2.24, 2.45) is 5.92 Å². The zero-order chi connectivity index (χ0) is 15.5. The van der Waals surface area contributed by atoms with Crippen LogP contribution in [0.5, 0.6) is 0 Å². The van der Waals surface area contributed by atoms with Gasteiger partial charge in [-0.05, 0) is 18.1 Å². The normalized spacial score (nSPS) is 18.1. The third-order valence-electron chi connectivity index (χ3n) is 3.58. The summed E-state index contributed by atoms with van der Waals surface area (Å²) in [7, 11) is -1.79. The van der Waals surface area contributed by atoms with E-state index in [1.807, 2.05) is 0 Å². The van der Waals surface area contributed by atoms with Crippen molar-refractivity contribution in [2.75, 3.05) is 45.1 Å². The molecule has 2 rings (SSSR count). The molecule has 0 aliphatic carbocycles. The van der Waals surface area contributed by atoms with Crippen LogP contribution in [0.2, 0.25) is 0 Å². The monoisotopic (exact) mass is 312 g/mol. The predicted molar refractivity (Wildman–Crippen MR) is 83.8 cm³/mol. The van der Waals surface area contributed by atoms with Crippen LogP contribution in [0.1, 0.15) is 13.8 Å². The Morgan fingerprint density at radius 3 is 2.52 bits per heavy atom. The van der Waals surface area contributed by atoms with Gasteiger partial charge < -0.3 is 10.2 Å². The van der Waals surface area contributed by atoms with Gasteiger partial charge in [-0.15, -0.1) is 0 Å². The van der Waals surface area contributed by atoms with Gasteiger partial charge in [-0.2, -0.15) is 4.31 Å². The summed E-state index contributed by atoms with van der Waals surface area (Å²) in [5, 5.41) is 2.85. The fourth-order valence-electron chi connectivity index (χ4n) is 2.59. The van der Waals surface area contributed by atoms with Crippen molar-refractivity contribution >= 4 is 15.8 Å². The van der Waals surface area contributed by atoms with Crippen LogP contribution in [0, 0.1) is 5.92 Å². The molecule has 0 radical (unpaired) electrons. The third kappa shape index (κ3) is 3.72. The lowest BCUT2D eigenvalue weighted by Crippen LogP contribution is -2.49. The molecule has 2 heterocycles. The largest absolute Gasteiger partial charge is 0.372 e. The standard InChI is InChI=1S/C14H24N4O2S/c1-12(2)11-17-7-9-18(10-8-17)21(19,20)13-5-4-6-16-14(13)15-3/h4-6,12H,7-11H2,1-3H3,(H,15,16). The molecule has 1 fully saturated rings. The Hall–Kier alpha value is -1.18. The Morgan fingerprint density at radius 1 is 1.29 bits per heavy atom. The zero-order valence-electron chi connectivity index (χ0n) is 12.9. The van der Waals surface area contributed by atoms with Crippen molar-refractivity contribution < 1.29 is 8.42 Å². The fraction of sp³-hybridized carbons (Fsp3) is 0.643. The third-order valence-corrected chi connectivity index (χ3v) is 5.51. The van der Waals surface area contributed by atoms with Gasteiger partial charge in [0, 0.05) is 46.0 Å². The average molecular weight is 312 g/mol. The molecular weight excluding hydrogens is 288 g/mol. The van der Waals surface area contributed by atoms with E-state index in [1.165, 1.54) is 0 Å². The molecule has 1 aliphatic rings. The van der Waals surface area contributed by atoms with Crippen LogP contribution < -0.4 is 5.32 Å². The smallest absolute Gasteiger partial charge is 0.246 e. The van der Waals surface area contributed by atoms with E-state index in [-0.39, 0.29) is 4.90 Å². The second-order valence-electron chi connectivity index (χ2n) is 5.70. The molecule has 118 valence electrons. The highest BCUT2D eigenvalue weighted by Crippen LogP contribution is 2.23. The molecule has 0 aromatic carbocycles. The van der Waals surface area contributed by atoms with Crippen LogP contribution in [-0.4, -0.2) is 62.4 Å². The number of hydrogen-bond acceptors (Lipinski definition) is 5. The zero-order valence-corrected chi connectivity index (χ0v) is 13.7. The van der Waals surface area contributed by atoms with Gasteiger partial charge in [0.1, 0.15) is 10.7 Å². The molecule has 0 bridgehead atoms. The van der Waals surface area contributed by atoms with Crippen molar-refractivity contribution in [1.29, 1.82) is 0 Å². The summed E-state index contributed by atoms with van der Waals surface area (Å²) in [6.45, 7) is 8.01. The summed E-state index contributed by atoms with van der Waals surface area (Å²) in [6.07, 6.45) is 1.59. The Morgan fingerprint density at radius 2 is 1.95 bits per heavy atom. The summed E-state index contributed by atoms with van der Waals surface area (Å²) in [6, 6.07) is 3.26. The Bertz CT molecular complexity index is 566. The summed E-state index contributed by atoms with van der Waals surface area (Å²) in [5.74, 6) is 1.00. The van der Waals surface area contributed by atoms with Crippen LogP contribution in [-0.2, 0) is 10.0 Å². The number of rotatable bonds is 5. The van der Waals surface area contributed by atoms with Gasteiger partial charge in [-0.25, -0.2) is 13.4 Å². The molecule has 1 aromatic rings. The van der Waals surface area contributed by atoms with Gasteiger partial charge in [-0.1, -0.05) is 13.8 Å². The molecule has 7 heteroatoms. The lowest BCUT2D eigenvalue weighted by atomic mass is 10.2. The summed E-state index contributed by atoms with van der Waals surface area (Å²) in [5.41, 5.74) is 0. The summed E-state index contributed by atoms with van der Waals surface area (Å²) >= 11 is 0. The van der Waals surface area contributed by atoms with E-state index in [9.17, 15) is 8.42 Å². The number of nitrogens with one attached hydrogen (secondary N) is 1. The van der Waals surface area contributed by atoms with Gasteiger partial charge in [0.2, 0.25) is 10.0 Å². The van der Waals surface area contributed by atoms with Gasteiger partial charge in [0.15, 0.2) is 0 Å². The minimum absolute atomic E-state index is 0.254. The van der Waals surface area contributed by atoms with E-state index in [1.54, 1.807) is 29.7 Å². The molecule has 21 heavy (non-hydrogen) atoms. The maximum atomic E-state index is 12.7. The minimum Gasteiger partial charge on any atom is -0.372 e. The molecular formula is C14H24N4O2S. The van der Waals surface area contributed by atoms with E-state index < -0.39 is 10.0 Å². The molecule has 0 atom stereocenters. The molecule has 1 N–H and O–H groups in total. The van der Waals surface area contributed by atoms with Crippen molar-refractivity contribution in [2.45, 2.75) is 18.7 Å². The minimum atomic E-state index is -3.48. The van der Waals surface area contributed by atoms with E-state index in [2.05, 4.69) is 29.0 Å². The summed E-state index contributed by atoms with van der Waals surface area (Å²) < 4.78 is 27.0. The van der Waals surface area contributed by atoms with Gasteiger partial charge in [0.05, 0.1) is 0 Å². The van der Waals surface area contributed by atoms with Crippen molar-refractivity contribution in [3.05, 3.63) is 18.3 Å². The van der Waals surface area contributed by atoms with Crippen molar-refractivity contribution in [3.8, 4) is 0 Å². The Labute approximate surface area is 127 Å². The molecule has 6 nitrogen and oxygen atoms in total. The van der Waals surface area contributed by atoms with E-state index in [0.717, 1.165) is 19.6 Å². The fourth-order valence-corrected chi connectivity index (χ4v) is 4.17. The SMILES string of the molecule is CNc1ncccc1S(=O)(=O)N1CCN(CC(C)C)CC1. The maximum Gasteiger partial charge on any atom is 0.246 e. The highest BCUT2D eigenvalue weighted by atomic mass is 32.2. The Kier molecular flexibility index (Phi) is 5.18. The number of piperazine rings is 1. The molecule has 1 aromatic heterocycles. The van der Waals surface area contributed by atoms with E-state index in [4.69, 9.17) is 0 Å². The van der Waals surface area contributed by atoms with Crippen molar-refractivity contribution in [3.63, 3.8) is 0 Å². The highest BCUT2D eigenvalue weighted by Gasteiger charge is 2.30. The molecule has 1 aliphatic heterocycles. The number of nitrogens with zero attached hydrogens (tertiary/aromatic N) is 3. The van der Waals surface area contributed by atoms with Crippen LogP contribution in [0.15, 0.2) is 23.2 Å². The Balaban J connectivity index is 2.11. The highest BCUT2D eigenvalue weighted by molar-refractivity contribution is 7.89. The van der Waals surface area contributed by atoms with Crippen LogP contribution in [0.3, 0.4) is 0 Å². The number of aromatic nitrogens is 1. The molecule has 0 saturated carbocycles. The average Bonchev–Trinajstić information content (AvgIpc) is 2.47. The lowest BCUT2D eigenvalue weighted by molar-refractivity contribution is 0.172. The predicted octanol–water partition coefficient (Wildman–Crippen LogP) is 1.09. The lowest BCUT2D eigenvalue weighted by Gasteiger charge is -2.34. The van der Waals surface area contributed by atoms with Gasteiger partial charge in [0.25, 0.3) is 0 Å². The van der Waals surface area contributed by atoms with Crippen LogP contribution in [0.25, 0.3) is 0 Å². The second kappa shape index (κ2) is 6.72. The van der Waals surface area contributed by atoms with E-state index in [0.29, 0.717) is 24.8 Å². The van der Waals surface area contributed by atoms with Gasteiger partial charge in [-0.3, -0.25) is 0 Å². The van der Waals surface area contributed by atoms with Crippen LogP contribution >= 0.6 is 0 Å². The first-order valence-corrected chi connectivity index (χ1v) is 8.74. The quantitative estimate of drug-likeness (QED) is 0.881. The molecule has 0 spiro atoms. The maximum absolute atomic E-state index is 12.7.